The van der Waals surface area contributed by atoms with E-state index in [2.05, 4.69) is 20.3 Å². The highest BCUT2D eigenvalue weighted by Gasteiger charge is 2.25. The van der Waals surface area contributed by atoms with Crippen molar-refractivity contribution in [2.45, 2.75) is 13.3 Å². The lowest BCUT2D eigenvalue weighted by Gasteiger charge is -2.36. The zero-order chi connectivity index (χ0) is 26.3. The predicted molar refractivity (Wildman–Crippen MR) is 148 cm³/mol. The Kier molecular flexibility index (Phi) is 8.04. The van der Waals surface area contributed by atoms with Crippen molar-refractivity contribution in [3.8, 4) is 22.4 Å². The molecule has 4 aromatic rings. The number of hydrogen-bond donors (Lipinski definition) is 0. The average Bonchev–Trinajstić information content (AvgIpc) is 3.40. The first-order chi connectivity index (χ1) is 18.6. The van der Waals surface area contributed by atoms with Gasteiger partial charge in [0.2, 0.25) is 0 Å². The molecular formula is C29H30N4O4S. The molecule has 1 aliphatic heterocycles. The van der Waals surface area contributed by atoms with Crippen molar-refractivity contribution >= 4 is 23.1 Å². The number of nitrogens with zero attached hydrogens (tertiary/aromatic N) is 4. The summed E-state index contributed by atoms with van der Waals surface area (Å²) in [7, 11) is 1.57. The van der Waals surface area contributed by atoms with Crippen LogP contribution in [0.1, 0.15) is 28.7 Å². The molecule has 0 saturated carbocycles. The van der Waals surface area contributed by atoms with Gasteiger partial charge in [0.15, 0.2) is 17.3 Å². The lowest BCUT2D eigenvalue weighted by atomic mass is 10.1. The van der Waals surface area contributed by atoms with Crippen molar-refractivity contribution in [3.63, 3.8) is 0 Å². The summed E-state index contributed by atoms with van der Waals surface area (Å²) >= 11 is 1.18. The highest BCUT2D eigenvalue weighted by molar-refractivity contribution is 7.07. The summed E-state index contributed by atoms with van der Waals surface area (Å²) in [6.07, 6.45) is 0.622. The number of carbonyl (C=O) groups excluding carboxylic acids is 1. The van der Waals surface area contributed by atoms with Crippen LogP contribution in [0.15, 0.2) is 72.8 Å². The highest BCUT2D eigenvalue weighted by atomic mass is 32.1. The van der Waals surface area contributed by atoms with E-state index in [0.717, 1.165) is 30.1 Å². The number of carbonyl (C=O) groups is 1. The topological polar surface area (TPSA) is 77.0 Å². The van der Waals surface area contributed by atoms with Crippen molar-refractivity contribution in [2.24, 2.45) is 0 Å². The van der Waals surface area contributed by atoms with E-state index in [9.17, 15) is 4.79 Å². The Hall–Kier alpha value is -4.11. The largest absolute Gasteiger partial charge is 0.493 e. The van der Waals surface area contributed by atoms with Crippen LogP contribution in [0.2, 0.25) is 0 Å². The number of ether oxygens (including phenoxy) is 3. The van der Waals surface area contributed by atoms with E-state index in [4.69, 9.17) is 14.2 Å². The molecule has 1 amide bonds. The van der Waals surface area contributed by atoms with E-state index >= 15 is 0 Å². The van der Waals surface area contributed by atoms with Gasteiger partial charge in [0.25, 0.3) is 11.1 Å². The third-order valence-corrected chi connectivity index (χ3v) is 6.97. The van der Waals surface area contributed by atoms with Crippen molar-refractivity contribution in [1.29, 1.82) is 0 Å². The van der Waals surface area contributed by atoms with Crippen molar-refractivity contribution in [3.05, 3.63) is 89.7 Å². The molecule has 1 saturated heterocycles. The normalized spacial score (nSPS) is 13.3. The molecule has 0 atom stereocenters. The van der Waals surface area contributed by atoms with Gasteiger partial charge < -0.3 is 24.0 Å². The van der Waals surface area contributed by atoms with Crippen LogP contribution in [0.3, 0.4) is 0 Å². The van der Waals surface area contributed by atoms with Crippen LogP contribution in [0.5, 0.6) is 22.4 Å². The van der Waals surface area contributed by atoms with Gasteiger partial charge in [0.1, 0.15) is 5.75 Å². The van der Waals surface area contributed by atoms with E-state index in [1.807, 2.05) is 60.4 Å². The quantitative estimate of drug-likeness (QED) is 0.291. The summed E-state index contributed by atoms with van der Waals surface area (Å²) in [6.45, 7) is 5.27. The lowest BCUT2D eigenvalue weighted by Crippen LogP contribution is -2.48. The van der Waals surface area contributed by atoms with E-state index in [-0.39, 0.29) is 5.91 Å². The second-order valence-electron chi connectivity index (χ2n) is 8.79. The maximum absolute atomic E-state index is 13.4. The Morgan fingerprint density at radius 2 is 1.68 bits per heavy atom. The molecule has 0 aliphatic carbocycles. The molecule has 0 radical (unpaired) electrons. The maximum Gasteiger partial charge on any atom is 0.298 e. The Morgan fingerprint density at radius 1 is 0.921 bits per heavy atom. The molecule has 2 heterocycles. The first-order valence-electron chi connectivity index (χ1n) is 12.6. The molecule has 0 unspecified atom stereocenters. The lowest BCUT2D eigenvalue weighted by molar-refractivity contribution is 0.0746. The van der Waals surface area contributed by atoms with Gasteiger partial charge in [-0.05, 0) is 42.8 Å². The van der Waals surface area contributed by atoms with Crippen LogP contribution in [0.25, 0.3) is 0 Å². The molecule has 9 heteroatoms. The molecule has 196 valence electrons. The Morgan fingerprint density at radius 3 is 2.45 bits per heavy atom. The maximum atomic E-state index is 13.4. The standard InChI is InChI=1S/C29H30N4O4S/c1-3-36-24-12-8-7-11-23(24)32-15-17-33(18-16-32)28(34)22-13-14-25(35-2)26(20-22)37-29-30-27(31-38-29)19-21-9-5-4-6-10-21/h4-14,20H,3,15-19H2,1-2H3. The zero-order valence-electron chi connectivity index (χ0n) is 21.5. The summed E-state index contributed by atoms with van der Waals surface area (Å²) in [6, 6.07) is 23.3. The van der Waals surface area contributed by atoms with E-state index in [1.54, 1.807) is 25.3 Å². The number of methoxy groups -OCH3 is 1. The van der Waals surface area contributed by atoms with Gasteiger partial charge in [-0.25, -0.2) is 0 Å². The van der Waals surface area contributed by atoms with Crippen LogP contribution >= 0.6 is 11.5 Å². The number of benzene rings is 3. The summed E-state index contributed by atoms with van der Waals surface area (Å²) in [5.41, 5.74) is 2.73. The third-order valence-electron chi connectivity index (χ3n) is 6.34. The molecule has 5 rings (SSSR count). The number of hydrogen-bond acceptors (Lipinski definition) is 8. The second kappa shape index (κ2) is 12.0. The summed E-state index contributed by atoms with van der Waals surface area (Å²) in [4.78, 5) is 22.0. The fourth-order valence-electron chi connectivity index (χ4n) is 4.44. The van der Waals surface area contributed by atoms with Crippen LogP contribution in [0, 0.1) is 0 Å². The molecule has 0 spiro atoms. The average molecular weight is 531 g/mol. The minimum atomic E-state index is -0.0442. The summed E-state index contributed by atoms with van der Waals surface area (Å²) in [5, 5.41) is 0.403. The smallest absolute Gasteiger partial charge is 0.298 e. The number of rotatable bonds is 9. The highest BCUT2D eigenvalue weighted by Crippen LogP contribution is 2.34. The number of anilines is 1. The van der Waals surface area contributed by atoms with Crippen LogP contribution < -0.4 is 19.1 Å². The monoisotopic (exact) mass is 530 g/mol. The number of piperazine rings is 1. The third kappa shape index (κ3) is 5.89. The molecular weight excluding hydrogens is 500 g/mol. The molecule has 1 aromatic heterocycles. The second-order valence-corrected chi connectivity index (χ2v) is 9.50. The predicted octanol–water partition coefficient (Wildman–Crippen LogP) is 5.29. The molecule has 0 N–H and O–H groups in total. The van der Waals surface area contributed by atoms with E-state index in [0.29, 0.717) is 54.2 Å². The van der Waals surface area contributed by atoms with Crippen molar-refractivity contribution < 1.29 is 19.0 Å². The first-order valence-corrected chi connectivity index (χ1v) is 13.4. The van der Waals surface area contributed by atoms with Gasteiger partial charge in [-0.1, -0.05) is 42.5 Å². The first kappa shape index (κ1) is 25.5. The van der Waals surface area contributed by atoms with Gasteiger partial charge in [-0.3, -0.25) is 4.79 Å². The number of para-hydroxylation sites is 2. The van der Waals surface area contributed by atoms with Crippen molar-refractivity contribution in [1.82, 2.24) is 14.3 Å². The zero-order valence-corrected chi connectivity index (χ0v) is 22.3. The van der Waals surface area contributed by atoms with Gasteiger partial charge >= 0.3 is 0 Å². The molecule has 0 bridgehead atoms. The van der Waals surface area contributed by atoms with Crippen LogP contribution in [-0.4, -0.2) is 60.1 Å². The molecule has 3 aromatic carbocycles. The minimum absolute atomic E-state index is 0.0442. The SMILES string of the molecule is CCOc1ccccc1N1CCN(C(=O)c2ccc(OC)c(Oc3nc(Cc4ccccc4)ns3)c2)CC1. The van der Waals surface area contributed by atoms with Crippen LogP contribution in [-0.2, 0) is 6.42 Å². The van der Waals surface area contributed by atoms with Gasteiger partial charge in [0.05, 0.1) is 19.4 Å². The Balaban J connectivity index is 1.25. The molecule has 38 heavy (non-hydrogen) atoms. The fourth-order valence-corrected chi connectivity index (χ4v) is 5.00. The van der Waals surface area contributed by atoms with Crippen LogP contribution in [0.4, 0.5) is 5.69 Å². The fraction of sp³-hybridized carbons (Fsp3) is 0.276. The molecule has 8 nitrogen and oxygen atoms in total. The van der Waals surface area contributed by atoms with Crippen molar-refractivity contribution in [2.75, 3.05) is 44.8 Å². The van der Waals surface area contributed by atoms with Gasteiger partial charge in [0, 0.05) is 49.7 Å². The van der Waals surface area contributed by atoms with Gasteiger partial charge in [-0.15, -0.1) is 0 Å². The summed E-state index contributed by atoms with van der Waals surface area (Å²) in [5.74, 6) is 2.47. The Labute approximate surface area is 226 Å². The minimum Gasteiger partial charge on any atom is -0.493 e. The molecule has 1 aliphatic rings. The van der Waals surface area contributed by atoms with E-state index < -0.39 is 0 Å². The Bertz CT molecular complexity index is 1370. The number of amides is 1. The van der Waals surface area contributed by atoms with Gasteiger partial charge in [-0.2, -0.15) is 9.36 Å². The molecule has 1 fully saturated rings. The van der Waals surface area contributed by atoms with E-state index in [1.165, 1.54) is 11.5 Å². The number of aromatic nitrogens is 2. The summed E-state index contributed by atoms with van der Waals surface area (Å²) < 4.78 is 21.7.